The zero-order valence-corrected chi connectivity index (χ0v) is 14.9. The maximum absolute atomic E-state index is 15.0. The molecule has 136 valence electrons. The Kier molecular flexibility index (Phi) is 5.61. The van der Waals surface area contributed by atoms with Crippen molar-refractivity contribution in [2.45, 2.75) is 30.5 Å². The maximum atomic E-state index is 15.0. The molecule has 0 spiro atoms. The summed E-state index contributed by atoms with van der Waals surface area (Å²) >= 11 is 0. The fourth-order valence-corrected chi connectivity index (χ4v) is 4.12. The highest BCUT2D eigenvalue weighted by atomic mass is 32.2. The highest BCUT2D eigenvalue weighted by Gasteiger charge is 2.46. The average molecular weight is 362 g/mol. The number of amides is 1. The van der Waals surface area contributed by atoms with Crippen LogP contribution in [0.1, 0.15) is 18.7 Å². The Bertz CT molecular complexity index is 686. The van der Waals surface area contributed by atoms with E-state index in [1.165, 1.54) is 13.3 Å². The summed E-state index contributed by atoms with van der Waals surface area (Å²) in [5.74, 6) is -0.272. The quantitative estimate of drug-likeness (QED) is 0.718. The van der Waals surface area contributed by atoms with Crippen molar-refractivity contribution in [3.63, 3.8) is 0 Å². The first-order valence-electron chi connectivity index (χ1n) is 7.67. The van der Waals surface area contributed by atoms with E-state index in [0.717, 1.165) is 4.31 Å². The molecule has 1 amide bonds. The van der Waals surface area contributed by atoms with Crippen molar-refractivity contribution in [2.75, 3.05) is 33.4 Å². The third-order valence-corrected chi connectivity index (χ3v) is 5.81. The number of nitrogens with zero attached hydrogens (tertiary/aromatic N) is 3. The number of rotatable bonds is 6. The monoisotopic (exact) mass is 362 g/mol. The molecule has 1 aliphatic rings. The van der Waals surface area contributed by atoms with Gasteiger partial charge in [-0.3, -0.25) is 4.79 Å². The second-order valence-corrected chi connectivity index (χ2v) is 7.78. The molecular weight excluding hydrogens is 339 g/mol. The van der Waals surface area contributed by atoms with Crippen LogP contribution < -0.4 is 5.32 Å². The lowest BCUT2D eigenvalue weighted by molar-refractivity contribution is -0.135. The molecule has 24 heavy (non-hydrogen) atoms. The molecule has 1 aromatic rings. The van der Waals surface area contributed by atoms with Gasteiger partial charge in [0.25, 0.3) is 15.9 Å². The molecule has 0 bridgehead atoms. The Hall–Kier alpha value is -1.52. The van der Waals surface area contributed by atoms with Crippen LogP contribution in [-0.2, 0) is 26.6 Å². The average Bonchev–Trinajstić information content (AvgIpc) is 2.87. The van der Waals surface area contributed by atoms with Crippen LogP contribution in [-0.4, -0.2) is 67.2 Å². The summed E-state index contributed by atoms with van der Waals surface area (Å²) in [6, 6.07) is 0. The van der Waals surface area contributed by atoms with Crippen LogP contribution in [0.5, 0.6) is 0 Å². The number of alkyl halides is 1. The first kappa shape index (κ1) is 18.8. The number of piperidine rings is 1. The summed E-state index contributed by atoms with van der Waals surface area (Å²) in [4.78, 5) is 16.1. The fourth-order valence-electron chi connectivity index (χ4n) is 2.57. The predicted molar refractivity (Wildman–Crippen MR) is 84.7 cm³/mol. The molecule has 0 aliphatic carbocycles. The van der Waals surface area contributed by atoms with Gasteiger partial charge in [0.15, 0.2) is 5.03 Å². The predicted octanol–water partition coefficient (Wildman–Crippen LogP) is -0.0161. The Morgan fingerprint density at radius 1 is 1.54 bits per heavy atom. The molecule has 1 aromatic heterocycles. The van der Waals surface area contributed by atoms with Crippen LogP contribution in [0.3, 0.4) is 0 Å². The number of ether oxygens (including phenoxy) is 1. The van der Waals surface area contributed by atoms with E-state index in [9.17, 15) is 17.6 Å². The van der Waals surface area contributed by atoms with Gasteiger partial charge < -0.3 is 14.6 Å². The number of sulfonamides is 1. The van der Waals surface area contributed by atoms with Crippen LogP contribution >= 0.6 is 0 Å². The fraction of sp³-hybridized carbons (Fsp3) is 0.714. The lowest BCUT2D eigenvalue weighted by Crippen LogP contribution is -2.55. The van der Waals surface area contributed by atoms with Crippen molar-refractivity contribution >= 4 is 15.9 Å². The SMILES string of the molecule is COCCNC(=O)C1(F)CCCN(S(=O)(=O)c2cn(C)c(C)n2)C1. The van der Waals surface area contributed by atoms with Crippen LogP contribution in [0.15, 0.2) is 11.2 Å². The molecule has 1 N–H and O–H groups in total. The minimum Gasteiger partial charge on any atom is -0.383 e. The zero-order chi connectivity index (χ0) is 18.0. The van der Waals surface area contributed by atoms with Crippen LogP contribution in [0.25, 0.3) is 0 Å². The molecule has 0 aromatic carbocycles. The molecule has 2 rings (SSSR count). The molecule has 1 fully saturated rings. The van der Waals surface area contributed by atoms with Crippen molar-refractivity contribution < 1.29 is 22.3 Å². The number of nitrogens with one attached hydrogen (secondary N) is 1. The Morgan fingerprint density at radius 3 is 2.83 bits per heavy atom. The van der Waals surface area contributed by atoms with Crippen molar-refractivity contribution in [2.24, 2.45) is 7.05 Å². The third-order valence-electron chi connectivity index (χ3n) is 4.10. The zero-order valence-electron chi connectivity index (χ0n) is 14.1. The van der Waals surface area contributed by atoms with E-state index in [1.54, 1.807) is 18.5 Å². The molecule has 2 heterocycles. The smallest absolute Gasteiger partial charge is 0.262 e. The first-order valence-corrected chi connectivity index (χ1v) is 9.11. The number of halogens is 1. The Balaban J connectivity index is 2.15. The minimum absolute atomic E-state index is 0.0148. The standard InChI is InChI=1S/C14H23FN4O4S/c1-11-17-12(9-18(11)2)24(21,22)19-7-4-5-14(15,10-19)13(20)16-6-8-23-3/h9H,4-8,10H2,1-3H3,(H,16,20). The Labute approximate surface area is 141 Å². The van der Waals surface area contributed by atoms with Crippen molar-refractivity contribution in [3.8, 4) is 0 Å². The number of aryl methyl sites for hydroxylation is 2. The third kappa shape index (κ3) is 3.76. The van der Waals surface area contributed by atoms with E-state index >= 15 is 0 Å². The molecule has 10 heteroatoms. The summed E-state index contributed by atoms with van der Waals surface area (Å²) < 4.78 is 47.7. The summed E-state index contributed by atoms with van der Waals surface area (Å²) in [5, 5.41) is 2.31. The van der Waals surface area contributed by atoms with Gasteiger partial charge in [-0.2, -0.15) is 4.31 Å². The van der Waals surface area contributed by atoms with E-state index in [-0.39, 0.29) is 37.6 Å². The van der Waals surface area contributed by atoms with Crippen molar-refractivity contribution in [1.29, 1.82) is 0 Å². The second-order valence-electron chi connectivity index (χ2n) is 5.89. The van der Waals surface area contributed by atoms with E-state index in [4.69, 9.17) is 4.74 Å². The normalized spacial score (nSPS) is 22.5. The molecule has 1 saturated heterocycles. The van der Waals surface area contributed by atoms with Gasteiger partial charge in [-0.15, -0.1) is 0 Å². The number of carbonyl (C=O) groups excluding carboxylic acids is 1. The number of carbonyl (C=O) groups is 1. The van der Waals surface area contributed by atoms with Crippen molar-refractivity contribution in [1.82, 2.24) is 19.2 Å². The van der Waals surface area contributed by atoms with Crippen molar-refractivity contribution in [3.05, 3.63) is 12.0 Å². The van der Waals surface area contributed by atoms with E-state index < -0.39 is 28.1 Å². The lowest BCUT2D eigenvalue weighted by Gasteiger charge is -2.35. The number of hydrogen-bond donors (Lipinski definition) is 1. The van der Waals surface area contributed by atoms with Crippen LogP contribution in [0, 0.1) is 6.92 Å². The summed E-state index contributed by atoms with van der Waals surface area (Å²) in [6.45, 7) is 1.76. The van der Waals surface area contributed by atoms with Gasteiger partial charge in [0.1, 0.15) is 5.82 Å². The number of methoxy groups -OCH3 is 1. The van der Waals surface area contributed by atoms with E-state index in [0.29, 0.717) is 5.82 Å². The second kappa shape index (κ2) is 7.16. The number of hydrogen-bond acceptors (Lipinski definition) is 5. The molecular formula is C14H23FN4O4S. The van der Waals surface area contributed by atoms with Crippen LogP contribution in [0.2, 0.25) is 0 Å². The lowest BCUT2D eigenvalue weighted by atomic mass is 9.95. The van der Waals surface area contributed by atoms with Gasteiger partial charge in [-0.05, 0) is 19.8 Å². The summed E-state index contributed by atoms with van der Waals surface area (Å²) in [6.07, 6.45) is 1.64. The highest BCUT2D eigenvalue weighted by Crippen LogP contribution is 2.29. The van der Waals surface area contributed by atoms with Gasteiger partial charge >= 0.3 is 0 Å². The number of aromatic nitrogens is 2. The van der Waals surface area contributed by atoms with Gasteiger partial charge in [-0.25, -0.2) is 17.8 Å². The summed E-state index contributed by atoms with van der Waals surface area (Å²) in [7, 11) is -0.783. The van der Waals surface area contributed by atoms with Gasteiger partial charge in [0, 0.05) is 33.4 Å². The van der Waals surface area contributed by atoms with Gasteiger partial charge in [0.2, 0.25) is 5.67 Å². The molecule has 1 aliphatic heterocycles. The molecule has 1 unspecified atom stereocenters. The molecule has 0 radical (unpaired) electrons. The number of imidazole rings is 1. The van der Waals surface area contributed by atoms with Gasteiger partial charge in [-0.1, -0.05) is 0 Å². The topological polar surface area (TPSA) is 93.5 Å². The summed E-state index contributed by atoms with van der Waals surface area (Å²) in [5.41, 5.74) is -2.25. The minimum atomic E-state index is -3.94. The van der Waals surface area contributed by atoms with Gasteiger partial charge in [0.05, 0.1) is 13.2 Å². The van der Waals surface area contributed by atoms with E-state index in [1.807, 2.05) is 0 Å². The highest BCUT2D eigenvalue weighted by molar-refractivity contribution is 7.89. The largest absolute Gasteiger partial charge is 0.383 e. The Morgan fingerprint density at radius 2 is 2.25 bits per heavy atom. The molecule has 1 atom stereocenters. The molecule has 8 nitrogen and oxygen atoms in total. The van der Waals surface area contributed by atoms with Crippen LogP contribution in [0.4, 0.5) is 4.39 Å². The first-order chi connectivity index (χ1) is 11.2. The molecule has 0 saturated carbocycles. The maximum Gasteiger partial charge on any atom is 0.262 e. The van der Waals surface area contributed by atoms with E-state index in [2.05, 4.69) is 10.3 Å².